The van der Waals surface area contributed by atoms with Gasteiger partial charge in [-0.15, -0.1) is 0 Å². The van der Waals surface area contributed by atoms with E-state index in [9.17, 15) is 18.0 Å². The molecule has 2 rings (SSSR count). The van der Waals surface area contributed by atoms with Gasteiger partial charge < -0.3 is 9.64 Å². The van der Waals surface area contributed by atoms with Crippen LogP contribution in [0.25, 0.3) is 0 Å². The molecule has 0 aromatic carbocycles. The Hall–Kier alpha value is -1.15. The molecular formula is C12H20N2O5S. The number of sulfonamides is 1. The van der Waals surface area contributed by atoms with Gasteiger partial charge >= 0.3 is 5.97 Å². The van der Waals surface area contributed by atoms with E-state index in [1.807, 2.05) is 0 Å². The van der Waals surface area contributed by atoms with Gasteiger partial charge in [0.1, 0.15) is 5.60 Å². The lowest BCUT2D eigenvalue weighted by Gasteiger charge is -2.36. The first-order valence-corrected chi connectivity index (χ1v) is 8.42. The Morgan fingerprint density at radius 3 is 2.20 bits per heavy atom. The smallest absolute Gasteiger partial charge is 0.307 e. The van der Waals surface area contributed by atoms with Crippen LogP contribution in [0.3, 0.4) is 0 Å². The molecule has 7 nitrogen and oxygen atoms in total. The van der Waals surface area contributed by atoms with Crippen molar-refractivity contribution in [2.45, 2.75) is 25.9 Å². The third-order valence-corrected chi connectivity index (χ3v) is 5.21. The molecule has 0 radical (unpaired) electrons. The molecule has 2 heterocycles. The SMILES string of the molecule is CC1(C)OC(=O)CC1C(=O)N1CCN(S(C)(=O)=O)CC1. The Balaban J connectivity index is 2.01. The van der Waals surface area contributed by atoms with Crippen molar-refractivity contribution in [1.82, 2.24) is 9.21 Å². The minimum atomic E-state index is -3.21. The highest BCUT2D eigenvalue weighted by Crippen LogP contribution is 2.34. The number of ether oxygens (including phenoxy) is 1. The highest BCUT2D eigenvalue weighted by atomic mass is 32.2. The molecular weight excluding hydrogens is 284 g/mol. The lowest BCUT2D eigenvalue weighted by atomic mass is 9.89. The van der Waals surface area contributed by atoms with E-state index in [0.717, 1.165) is 6.26 Å². The summed E-state index contributed by atoms with van der Waals surface area (Å²) >= 11 is 0. The number of hydrogen-bond acceptors (Lipinski definition) is 5. The molecule has 0 saturated carbocycles. The van der Waals surface area contributed by atoms with Crippen molar-refractivity contribution in [3.63, 3.8) is 0 Å². The second kappa shape index (κ2) is 5.00. The van der Waals surface area contributed by atoms with Gasteiger partial charge in [-0.3, -0.25) is 9.59 Å². The minimum absolute atomic E-state index is 0.0954. The predicted molar refractivity (Wildman–Crippen MR) is 71.3 cm³/mol. The third-order valence-electron chi connectivity index (χ3n) is 3.90. The molecule has 2 aliphatic rings. The Bertz CT molecular complexity index is 520. The number of rotatable bonds is 2. The molecule has 20 heavy (non-hydrogen) atoms. The maximum Gasteiger partial charge on any atom is 0.307 e. The number of nitrogens with zero attached hydrogens (tertiary/aromatic N) is 2. The summed E-state index contributed by atoms with van der Waals surface area (Å²) in [6.45, 7) is 4.76. The summed E-state index contributed by atoms with van der Waals surface area (Å²) in [5, 5.41) is 0. The second-order valence-electron chi connectivity index (χ2n) is 5.82. The van der Waals surface area contributed by atoms with E-state index >= 15 is 0 Å². The predicted octanol–water partition coefficient (Wildman–Crippen LogP) is -0.568. The number of piperazine rings is 1. The molecule has 0 N–H and O–H groups in total. The van der Waals surface area contributed by atoms with Crippen molar-refractivity contribution in [1.29, 1.82) is 0 Å². The molecule has 1 amide bonds. The highest BCUT2D eigenvalue weighted by molar-refractivity contribution is 7.88. The molecule has 8 heteroatoms. The van der Waals surface area contributed by atoms with Gasteiger partial charge in [0, 0.05) is 26.2 Å². The van der Waals surface area contributed by atoms with Crippen LogP contribution in [0.1, 0.15) is 20.3 Å². The zero-order chi connectivity index (χ0) is 15.1. The second-order valence-corrected chi connectivity index (χ2v) is 7.80. The van der Waals surface area contributed by atoms with E-state index in [1.165, 1.54) is 4.31 Å². The van der Waals surface area contributed by atoms with Gasteiger partial charge in [-0.1, -0.05) is 0 Å². The zero-order valence-electron chi connectivity index (χ0n) is 12.0. The van der Waals surface area contributed by atoms with E-state index in [0.29, 0.717) is 26.2 Å². The number of carbonyl (C=O) groups excluding carboxylic acids is 2. The summed E-state index contributed by atoms with van der Waals surface area (Å²) < 4.78 is 29.4. The monoisotopic (exact) mass is 304 g/mol. The van der Waals surface area contributed by atoms with Crippen molar-refractivity contribution in [3.8, 4) is 0 Å². The normalized spacial score (nSPS) is 27.4. The fourth-order valence-electron chi connectivity index (χ4n) is 2.66. The van der Waals surface area contributed by atoms with Gasteiger partial charge in [0.05, 0.1) is 18.6 Å². The quantitative estimate of drug-likeness (QED) is 0.638. The summed E-state index contributed by atoms with van der Waals surface area (Å²) in [6.07, 6.45) is 1.26. The van der Waals surface area contributed by atoms with Crippen LogP contribution in [-0.2, 0) is 24.3 Å². The van der Waals surface area contributed by atoms with Gasteiger partial charge in [-0.05, 0) is 13.8 Å². The van der Waals surface area contributed by atoms with E-state index in [1.54, 1.807) is 18.7 Å². The largest absolute Gasteiger partial charge is 0.459 e. The lowest BCUT2D eigenvalue weighted by molar-refractivity contribution is -0.149. The molecule has 2 fully saturated rings. The fraction of sp³-hybridized carbons (Fsp3) is 0.833. The van der Waals surface area contributed by atoms with Crippen molar-refractivity contribution in [3.05, 3.63) is 0 Å². The van der Waals surface area contributed by atoms with E-state index in [4.69, 9.17) is 4.74 Å². The fourth-order valence-corrected chi connectivity index (χ4v) is 3.49. The summed E-state index contributed by atoms with van der Waals surface area (Å²) in [7, 11) is -3.21. The maximum absolute atomic E-state index is 12.4. The van der Waals surface area contributed by atoms with Gasteiger partial charge in [-0.2, -0.15) is 4.31 Å². The van der Waals surface area contributed by atoms with Crippen LogP contribution in [0, 0.1) is 5.92 Å². The van der Waals surface area contributed by atoms with Crippen LogP contribution in [0.5, 0.6) is 0 Å². The molecule has 0 aliphatic carbocycles. The van der Waals surface area contributed by atoms with Crippen LogP contribution in [-0.4, -0.2) is 67.5 Å². The first-order valence-electron chi connectivity index (χ1n) is 6.57. The first kappa shape index (κ1) is 15.2. The van der Waals surface area contributed by atoms with Crippen LogP contribution < -0.4 is 0 Å². The molecule has 1 unspecified atom stereocenters. The number of hydrogen-bond donors (Lipinski definition) is 0. The third kappa shape index (κ3) is 2.95. The molecule has 0 spiro atoms. The number of cyclic esters (lactones) is 1. The van der Waals surface area contributed by atoms with Gasteiger partial charge in [0.2, 0.25) is 15.9 Å². The number of amides is 1. The van der Waals surface area contributed by atoms with Crippen LogP contribution in [0.4, 0.5) is 0 Å². The highest BCUT2D eigenvalue weighted by Gasteiger charge is 2.47. The van der Waals surface area contributed by atoms with Gasteiger partial charge in [0.25, 0.3) is 0 Å². The molecule has 2 aliphatic heterocycles. The Morgan fingerprint density at radius 2 is 1.80 bits per heavy atom. The van der Waals surface area contributed by atoms with Crippen LogP contribution in [0.15, 0.2) is 0 Å². The van der Waals surface area contributed by atoms with Crippen molar-refractivity contribution >= 4 is 21.9 Å². The molecule has 1 atom stereocenters. The summed E-state index contributed by atoms with van der Waals surface area (Å²) in [5.74, 6) is -0.975. The van der Waals surface area contributed by atoms with E-state index in [-0.39, 0.29) is 18.3 Å². The van der Waals surface area contributed by atoms with E-state index < -0.39 is 21.5 Å². The standard InChI is InChI=1S/C12H20N2O5S/c1-12(2)9(8-10(15)19-12)11(16)13-4-6-14(7-5-13)20(3,17)18/h9H,4-8H2,1-3H3. The maximum atomic E-state index is 12.4. The van der Waals surface area contributed by atoms with Crippen molar-refractivity contribution in [2.24, 2.45) is 5.92 Å². The number of esters is 1. The average molecular weight is 304 g/mol. The Labute approximate surface area is 118 Å². The number of carbonyl (C=O) groups is 2. The molecule has 0 aromatic rings. The Kier molecular flexibility index (Phi) is 3.81. The van der Waals surface area contributed by atoms with E-state index in [2.05, 4.69) is 0 Å². The molecule has 0 aromatic heterocycles. The van der Waals surface area contributed by atoms with Gasteiger partial charge in [-0.25, -0.2) is 8.42 Å². The molecule has 2 saturated heterocycles. The summed E-state index contributed by atoms with van der Waals surface area (Å²) in [5.41, 5.74) is -0.790. The zero-order valence-corrected chi connectivity index (χ0v) is 12.8. The molecule has 0 bridgehead atoms. The molecule has 114 valence electrons. The summed E-state index contributed by atoms with van der Waals surface area (Å²) in [4.78, 5) is 25.4. The summed E-state index contributed by atoms with van der Waals surface area (Å²) in [6, 6.07) is 0. The van der Waals surface area contributed by atoms with Crippen molar-refractivity contribution in [2.75, 3.05) is 32.4 Å². The lowest BCUT2D eigenvalue weighted by Crippen LogP contribution is -2.53. The van der Waals surface area contributed by atoms with Gasteiger partial charge in [0.15, 0.2) is 0 Å². The topological polar surface area (TPSA) is 84.0 Å². The van der Waals surface area contributed by atoms with Crippen molar-refractivity contribution < 1.29 is 22.7 Å². The van der Waals surface area contributed by atoms with Crippen LogP contribution in [0.2, 0.25) is 0 Å². The Morgan fingerprint density at radius 1 is 1.25 bits per heavy atom. The minimum Gasteiger partial charge on any atom is -0.459 e. The average Bonchev–Trinajstić information content (AvgIpc) is 2.60. The van der Waals surface area contributed by atoms with Crippen LogP contribution >= 0.6 is 0 Å². The first-order chi connectivity index (χ1) is 9.11.